The third kappa shape index (κ3) is 3.25. The van der Waals surface area contributed by atoms with E-state index in [1.807, 2.05) is 12.4 Å². The number of nitrogens with one attached hydrogen (secondary N) is 1. The Labute approximate surface area is 115 Å². The van der Waals surface area contributed by atoms with E-state index in [2.05, 4.69) is 35.1 Å². The lowest BCUT2D eigenvalue weighted by atomic mass is 10.1. The van der Waals surface area contributed by atoms with Gasteiger partial charge in [0.15, 0.2) is 0 Å². The van der Waals surface area contributed by atoms with Crippen LogP contribution in [-0.4, -0.2) is 36.3 Å². The van der Waals surface area contributed by atoms with Crippen LogP contribution in [0.3, 0.4) is 0 Å². The van der Waals surface area contributed by atoms with E-state index < -0.39 is 0 Å². The largest absolute Gasteiger partial charge is 0.372 e. The Hall–Kier alpha value is -1.13. The van der Waals surface area contributed by atoms with Crippen molar-refractivity contribution in [1.82, 2.24) is 10.3 Å². The summed E-state index contributed by atoms with van der Waals surface area (Å²) in [5, 5.41) is 3.59. The Bertz CT molecular complexity index is 443. The van der Waals surface area contributed by atoms with Crippen molar-refractivity contribution in [2.45, 2.75) is 44.9 Å². The molecule has 4 nitrogen and oxygen atoms in total. The predicted molar refractivity (Wildman–Crippen MR) is 76.3 cm³/mol. The second-order valence-corrected chi connectivity index (χ2v) is 6.19. The Balaban J connectivity index is 1.74. The Kier molecular flexibility index (Phi) is 3.46. The molecule has 1 aromatic rings. The van der Waals surface area contributed by atoms with Crippen molar-refractivity contribution in [3.05, 3.63) is 24.0 Å². The van der Waals surface area contributed by atoms with Crippen molar-refractivity contribution in [2.75, 3.05) is 24.6 Å². The van der Waals surface area contributed by atoms with Crippen molar-refractivity contribution in [3.8, 4) is 0 Å². The number of anilines is 1. The average Bonchev–Trinajstić information content (AvgIpc) is 3.19. The van der Waals surface area contributed by atoms with Crippen LogP contribution in [0.2, 0.25) is 0 Å². The van der Waals surface area contributed by atoms with Gasteiger partial charge in [0, 0.05) is 31.9 Å². The minimum absolute atomic E-state index is 0.0741. The molecule has 1 aliphatic carbocycles. The van der Waals surface area contributed by atoms with Gasteiger partial charge in [-0.2, -0.15) is 0 Å². The van der Waals surface area contributed by atoms with Crippen LogP contribution in [0.5, 0.6) is 0 Å². The molecule has 3 rings (SSSR count). The molecule has 1 aliphatic heterocycles. The number of morpholine rings is 1. The van der Waals surface area contributed by atoms with Gasteiger partial charge in [-0.3, -0.25) is 4.98 Å². The maximum Gasteiger partial charge on any atom is 0.0801 e. The number of hydrogen-bond acceptors (Lipinski definition) is 4. The van der Waals surface area contributed by atoms with Crippen LogP contribution >= 0.6 is 0 Å². The van der Waals surface area contributed by atoms with Gasteiger partial charge >= 0.3 is 0 Å². The van der Waals surface area contributed by atoms with Crippen LogP contribution in [-0.2, 0) is 11.3 Å². The van der Waals surface area contributed by atoms with Gasteiger partial charge in [0.05, 0.1) is 24.1 Å². The topological polar surface area (TPSA) is 37.4 Å². The fourth-order valence-electron chi connectivity index (χ4n) is 2.61. The highest BCUT2D eigenvalue weighted by Crippen LogP contribution is 2.26. The first-order valence-corrected chi connectivity index (χ1v) is 7.19. The van der Waals surface area contributed by atoms with Crippen LogP contribution in [0.4, 0.5) is 5.69 Å². The lowest BCUT2D eigenvalue weighted by molar-refractivity contribution is -0.0277. The summed E-state index contributed by atoms with van der Waals surface area (Å²) in [6, 6.07) is 2.87. The fraction of sp³-hybridized carbons (Fsp3) is 0.667. The van der Waals surface area contributed by atoms with E-state index in [-0.39, 0.29) is 5.60 Å². The maximum absolute atomic E-state index is 5.79. The van der Waals surface area contributed by atoms with Crippen molar-refractivity contribution in [2.24, 2.45) is 0 Å². The zero-order valence-corrected chi connectivity index (χ0v) is 11.9. The molecule has 1 N–H and O–H groups in total. The number of nitrogens with zero attached hydrogens (tertiary/aromatic N) is 2. The lowest BCUT2D eigenvalue weighted by Crippen LogP contribution is -2.48. The summed E-state index contributed by atoms with van der Waals surface area (Å²) in [5.74, 6) is 0. The summed E-state index contributed by atoms with van der Waals surface area (Å²) >= 11 is 0. The van der Waals surface area contributed by atoms with E-state index in [1.165, 1.54) is 24.1 Å². The first-order chi connectivity index (χ1) is 9.14. The SMILES string of the molecule is CC1(C)CN(c2cnccc2CNC2CC2)CCO1. The Morgan fingerprint density at radius 1 is 1.47 bits per heavy atom. The van der Waals surface area contributed by atoms with Crippen molar-refractivity contribution in [1.29, 1.82) is 0 Å². The van der Waals surface area contributed by atoms with Gasteiger partial charge in [-0.15, -0.1) is 0 Å². The van der Waals surface area contributed by atoms with Gasteiger partial charge in [0.25, 0.3) is 0 Å². The summed E-state index contributed by atoms with van der Waals surface area (Å²) in [7, 11) is 0. The molecule has 2 fully saturated rings. The smallest absolute Gasteiger partial charge is 0.0801 e. The van der Waals surface area contributed by atoms with Gasteiger partial charge in [-0.05, 0) is 38.3 Å². The predicted octanol–water partition coefficient (Wildman–Crippen LogP) is 1.95. The number of rotatable bonds is 4. The molecule has 0 unspecified atom stereocenters. The third-order valence-corrected chi connectivity index (χ3v) is 3.81. The number of aromatic nitrogens is 1. The molecule has 0 amide bonds. The average molecular weight is 261 g/mol. The summed E-state index contributed by atoms with van der Waals surface area (Å²) in [6.45, 7) is 7.91. The molecule has 0 radical (unpaired) electrons. The van der Waals surface area contributed by atoms with Gasteiger partial charge in [0.2, 0.25) is 0 Å². The van der Waals surface area contributed by atoms with Crippen molar-refractivity contribution >= 4 is 5.69 Å². The van der Waals surface area contributed by atoms with Crippen LogP contribution in [0.1, 0.15) is 32.3 Å². The zero-order chi connectivity index (χ0) is 13.3. The molecule has 2 heterocycles. The molecule has 0 bridgehead atoms. The highest BCUT2D eigenvalue weighted by molar-refractivity contribution is 5.52. The first kappa shape index (κ1) is 12.9. The number of ether oxygens (including phenoxy) is 1. The summed E-state index contributed by atoms with van der Waals surface area (Å²) in [5.41, 5.74) is 2.53. The number of pyridine rings is 1. The molecule has 1 saturated heterocycles. The van der Waals surface area contributed by atoms with Crippen molar-refractivity contribution in [3.63, 3.8) is 0 Å². The van der Waals surface area contributed by atoms with Crippen LogP contribution in [0.25, 0.3) is 0 Å². The van der Waals surface area contributed by atoms with Crippen molar-refractivity contribution < 1.29 is 4.74 Å². The molecule has 0 atom stereocenters. The molecule has 19 heavy (non-hydrogen) atoms. The summed E-state index contributed by atoms with van der Waals surface area (Å²) in [4.78, 5) is 6.70. The quantitative estimate of drug-likeness (QED) is 0.899. The maximum atomic E-state index is 5.79. The molecule has 1 saturated carbocycles. The lowest BCUT2D eigenvalue weighted by Gasteiger charge is -2.40. The molecular formula is C15H23N3O. The molecule has 2 aliphatic rings. The standard InChI is InChI=1S/C15H23N3O/c1-15(2)11-18(7-8-19-15)14-10-16-6-5-12(14)9-17-13-3-4-13/h5-6,10,13,17H,3-4,7-9,11H2,1-2H3. The molecule has 1 aromatic heterocycles. The first-order valence-electron chi connectivity index (χ1n) is 7.19. The Morgan fingerprint density at radius 2 is 2.32 bits per heavy atom. The second kappa shape index (κ2) is 5.10. The Morgan fingerprint density at radius 3 is 3.05 bits per heavy atom. The fourth-order valence-corrected chi connectivity index (χ4v) is 2.61. The van der Waals surface area contributed by atoms with Gasteiger partial charge in [-0.1, -0.05) is 0 Å². The molecule has 0 spiro atoms. The van der Waals surface area contributed by atoms with E-state index in [9.17, 15) is 0 Å². The minimum atomic E-state index is -0.0741. The van der Waals surface area contributed by atoms with E-state index in [4.69, 9.17) is 4.74 Å². The second-order valence-electron chi connectivity index (χ2n) is 6.19. The summed E-state index contributed by atoms with van der Waals surface area (Å²) < 4.78 is 5.79. The molecule has 104 valence electrons. The molecule has 4 heteroatoms. The summed E-state index contributed by atoms with van der Waals surface area (Å²) in [6.07, 6.45) is 6.53. The molecular weight excluding hydrogens is 238 g/mol. The highest BCUT2D eigenvalue weighted by atomic mass is 16.5. The normalized spacial score (nSPS) is 22.5. The van der Waals surface area contributed by atoms with Gasteiger partial charge < -0.3 is 15.0 Å². The van der Waals surface area contributed by atoms with Gasteiger partial charge in [0.1, 0.15) is 0 Å². The minimum Gasteiger partial charge on any atom is -0.372 e. The monoisotopic (exact) mass is 261 g/mol. The highest BCUT2D eigenvalue weighted by Gasteiger charge is 2.28. The van der Waals surface area contributed by atoms with E-state index >= 15 is 0 Å². The third-order valence-electron chi connectivity index (χ3n) is 3.81. The zero-order valence-electron chi connectivity index (χ0n) is 11.9. The van der Waals surface area contributed by atoms with Crippen LogP contribution in [0, 0.1) is 0 Å². The molecule has 0 aromatic carbocycles. The van der Waals surface area contributed by atoms with Crippen LogP contribution < -0.4 is 10.2 Å². The van der Waals surface area contributed by atoms with Crippen LogP contribution in [0.15, 0.2) is 18.5 Å². The van der Waals surface area contributed by atoms with E-state index in [1.54, 1.807) is 0 Å². The van der Waals surface area contributed by atoms with E-state index in [0.29, 0.717) is 0 Å². The number of hydrogen-bond donors (Lipinski definition) is 1. The van der Waals surface area contributed by atoms with Gasteiger partial charge in [-0.25, -0.2) is 0 Å². The van der Waals surface area contributed by atoms with E-state index in [0.717, 1.165) is 32.3 Å².